The zero-order valence-corrected chi connectivity index (χ0v) is 20.4. The molecular formula is C22H23BrClFN6O2. The Morgan fingerprint density at radius 2 is 1.97 bits per heavy atom. The predicted molar refractivity (Wildman–Crippen MR) is 123 cm³/mol. The SMILES string of the molecule is Cn1nc(Br)c(C2(O)CC3CC(c4ncn(C)c4C(=O)Nc4ccc(F)c(Cl)c4)CC3C2)n1. The molecule has 2 aromatic heterocycles. The Hall–Kier alpha value is -2.30. The van der Waals surface area contributed by atoms with Crippen molar-refractivity contribution in [3.05, 3.63) is 57.1 Å². The largest absolute Gasteiger partial charge is 0.383 e. The average molecular weight is 538 g/mol. The summed E-state index contributed by atoms with van der Waals surface area (Å²) >= 11 is 9.26. The highest BCUT2D eigenvalue weighted by Gasteiger charge is 2.52. The first kappa shape index (κ1) is 22.5. The lowest BCUT2D eigenvalue weighted by Gasteiger charge is -2.22. The topological polar surface area (TPSA) is 97.9 Å². The fraction of sp³-hybridized carbons (Fsp3) is 0.455. The number of imidazole rings is 1. The van der Waals surface area contributed by atoms with Crippen LogP contribution in [0.3, 0.4) is 0 Å². The Kier molecular flexibility index (Phi) is 5.57. The van der Waals surface area contributed by atoms with Gasteiger partial charge in [0.1, 0.15) is 22.8 Å². The van der Waals surface area contributed by atoms with Gasteiger partial charge in [-0.25, -0.2) is 9.37 Å². The number of hydrogen-bond acceptors (Lipinski definition) is 5. The molecule has 8 nitrogen and oxygen atoms in total. The van der Waals surface area contributed by atoms with E-state index in [1.54, 1.807) is 25.0 Å². The van der Waals surface area contributed by atoms with Crippen molar-refractivity contribution >= 4 is 39.1 Å². The van der Waals surface area contributed by atoms with Crippen molar-refractivity contribution in [3.63, 3.8) is 0 Å². The highest BCUT2D eigenvalue weighted by atomic mass is 79.9. The second-order valence-electron chi connectivity index (χ2n) is 9.13. The fourth-order valence-corrected chi connectivity index (χ4v) is 6.39. The number of carbonyl (C=O) groups excluding carboxylic acids is 1. The van der Waals surface area contributed by atoms with Gasteiger partial charge in [-0.2, -0.15) is 9.90 Å². The van der Waals surface area contributed by atoms with Gasteiger partial charge in [0.25, 0.3) is 5.91 Å². The molecule has 1 aromatic carbocycles. The third-order valence-electron chi connectivity index (χ3n) is 6.90. The Balaban J connectivity index is 1.33. The summed E-state index contributed by atoms with van der Waals surface area (Å²) in [5, 5.41) is 22.6. The van der Waals surface area contributed by atoms with E-state index in [0.717, 1.165) is 18.5 Å². The minimum Gasteiger partial charge on any atom is -0.383 e. The van der Waals surface area contributed by atoms with Crippen LogP contribution in [0.4, 0.5) is 10.1 Å². The number of fused-ring (bicyclic) bond motifs is 1. The molecule has 0 aliphatic heterocycles. The zero-order chi connectivity index (χ0) is 23.5. The molecule has 2 atom stereocenters. The molecule has 1 amide bonds. The molecule has 2 saturated carbocycles. The molecule has 2 fully saturated rings. The van der Waals surface area contributed by atoms with Gasteiger partial charge in [-0.1, -0.05) is 11.6 Å². The minimum atomic E-state index is -1.00. The number of anilines is 1. The number of benzene rings is 1. The van der Waals surface area contributed by atoms with Crippen molar-refractivity contribution < 1.29 is 14.3 Å². The number of rotatable bonds is 4. The van der Waals surface area contributed by atoms with Gasteiger partial charge >= 0.3 is 0 Å². The summed E-state index contributed by atoms with van der Waals surface area (Å²) in [6.07, 6.45) is 4.53. The molecule has 0 radical (unpaired) electrons. The van der Waals surface area contributed by atoms with Gasteiger partial charge in [-0.05, 0) is 71.6 Å². The van der Waals surface area contributed by atoms with Crippen molar-refractivity contribution in [1.82, 2.24) is 24.5 Å². The Labute approximate surface area is 203 Å². The van der Waals surface area contributed by atoms with Crippen LogP contribution < -0.4 is 5.32 Å². The van der Waals surface area contributed by atoms with E-state index in [1.807, 2.05) is 0 Å². The number of amides is 1. The van der Waals surface area contributed by atoms with Crippen LogP contribution in [0.5, 0.6) is 0 Å². The fourth-order valence-electron chi connectivity index (χ4n) is 5.54. The van der Waals surface area contributed by atoms with Gasteiger partial charge in [0.05, 0.1) is 17.0 Å². The zero-order valence-electron chi connectivity index (χ0n) is 18.1. The maximum atomic E-state index is 13.5. The molecule has 2 unspecified atom stereocenters. The Morgan fingerprint density at radius 3 is 2.58 bits per heavy atom. The van der Waals surface area contributed by atoms with Crippen LogP contribution in [-0.4, -0.2) is 35.6 Å². The van der Waals surface area contributed by atoms with Crippen LogP contribution in [0.2, 0.25) is 5.02 Å². The summed E-state index contributed by atoms with van der Waals surface area (Å²) in [7, 11) is 3.51. The van der Waals surface area contributed by atoms with Gasteiger partial charge < -0.3 is 15.0 Å². The second kappa shape index (κ2) is 8.18. The first-order valence-electron chi connectivity index (χ1n) is 10.7. The van der Waals surface area contributed by atoms with E-state index < -0.39 is 11.4 Å². The van der Waals surface area contributed by atoms with Gasteiger partial charge in [-0.3, -0.25) is 4.79 Å². The van der Waals surface area contributed by atoms with E-state index in [9.17, 15) is 14.3 Å². The normalized spacial score (nSPS) is 26.5. The Bertz CT molecular complexity index is 1230. The number of hydrogen-bond donors (Lipinski definition) is 2. The van der Waals surface area contributed by atoms with Gasteiger partial charge in [-0.15, -0.1) is 5.10 Å². The molecule has 0 spiro atoms. The molecule has 2 heterocycles. The van der Waals surface area contributed by atoms with Crippen molar-refractivity contribution in [3.8, 4) is 0 Å². The second-order valence-corrected chi connectivity index (χ2v) is 10.3. The maximum absolute atomic E-state index is 13.5. The molecule has 33 heavy (non-hydrogen) atoms. The lowest BCUT2D eigenvalue weighted by atomic mass is 9.90. The van der Waals surface area contributed by atoms with E-state index in [1.165, 1.54) is 23.0 Å². The van der Waals surface area contributed by atoms with E-state index in [2.05, 4.69) is 36.4 Å². The summed E-state index contributed by atoms with van der Waals surface area (Å²) in [4.78, 5) is 19.1. The lowest BCUT2D eigenvalue weighted by molar-refractivity contribution is 0.0288. The quantitative estimate of drug-likeness (QED) is 0.521. The summed E-state index contributed by atoms with van der Waals surface area (Å²) in [6, 6.07) is 4.08. The number of nitrogens with one attached hydrogen (secondary N) is 1. The number of aliphatic hydroxyl groups is 1. The molecule has 11 heteroatoms. The van der Waals surface area contributed by atoms with Gasteiger partial charge in [0, 0.05) is 25.7 Å². The van der Waals surface area contributed by atoms with Crippen LogP contribution in [0.25, 0.3) is 0 Å². The molecule has 0 bridgehead atoms. The lowest BCUT2D eigenvalue weighted by Crippen LogP contribution is -2.25. The number of aromatic nitrogens is 5. The standard InChI is InChI=1S/C22H23BrClFN6O2/c1-30-10-26-17(18(30)21(32)27-14-3-4-16(25)15(24)7-14)11-5-12-8-22(33,9-13(12)6-11)19-20(23)29-31(2)28-19/h3-4,7,10-13,33H,5-6,8-9H2,1-2H3,(H,27,32). The summed E-state index contributed by atoms with van der Waals surface area (Å²) in [5.41, 5.74) is 1.24. The van der Waals surface area contributed by atoms with Crippen LogP contribution in [-0.2, 0) is 19.7 Å². The van der Waals surface area contributed by atoms with Crippen molar-refractivity contribution in [2.75, 3.05) is 5.32 Å². The number of halogens is 3. The monoisotopic (exact) mass is 536 g/mol. The molecule has 2 aliphatic carbocycles. The molecule has 174 valence electrons. The molecule has 2 aliphatic rings. The summed E-state index contributed by atoms with van der Waals surface area (Å²) < 4.78 is 15.7. The molecule has 0 saturated heterocycles. The minimum absolute atomic E-state index is 0.0520. The first-order chi connectivity index (χ1) is 15.6. The van der Waals surface area contributed by atoms with Crippen molar-refractivity contribution in [2.45, 2.75) is 37.2 Å². The van der Waals surface area contributed by atoms with E-state index >= 15 is 0 Å². The maximum Gasteiger partial charge on any atom is 0.274 e. The van der Waals surface area contributed by atoms with E-state index in [4.69, 9.17) is 11.6 Å². The molecular weight excluding hydrogens is 515 g/mol. The number of aryl methyl sites for hydroxylation is 2. The average Bonchev–Trinajstić information content (AvgIpc) is 3.46. The number of carbonyl (C=O) groups is 1. The molecule has 3 aromatic rings. The predicted octanol–water partition coefficient (Wildman–Crippen LogP) is 4.15. The van der Waals surface area contributed by atoms with Crippen LogP contribution in [0.1, 0.15) is 53.5 Å². The summed E-state index contributed by atoms with van der Waals surface area (Å²) in [6.45, 7) is 0. The highest BCUT2D eigenvalue weighted by molar-refractivity contribution is 9.10. The van der Waals surface area contributed by atoms with Gasteiger partial charge in [0.15, 0.2) is 4.60 Å². The third-order valence-corrected chi connectivity index (χ3v) is 7.72. The smallest absolute Gasteiger partial charge is 0.274 e. The Morgan fingerprint density at radius 1 is 1.27 bits per heavy atom. The highest BCUT2D eigenvalue weighted by Crippen LogP contribution is 2.57. The van der Waals surface area contributed by atoms with E-state index in [0.29, 0.717) is 46.4 Å². The van der Waals surface area contributed by atoms with Crippen LogP contribution in [0, 0.1) is 17.7 Å². The van der Waals surface area contributed by atoms with E-state index in [-0.39, 0.29) is 16.8 Å². The van der Waals surface area contributed by atoms with Crippen LogP contribution in [0.15, 0.2) is 29.1 Å². The summed E-state index contributed by atoms with van der Waals surface area (Å²) in [5.74, 6) is -0.120. The number of nitrogens with zero attached hydrogens (tertiary/aromatic N) is 5. The van der Waals surface area contributed by atoms with Gasteiger partial charge in [0.2, 0.25) is 0 Å². The van der Waals surface area contributed by atoms with Crippen LogP contribution >= 0.6 is 27.5 Å². The molecule has 2 N–H and O–H groups in total. The molecule has 5 rings (SSSR count). The van der Waals surface area contributed by atoms with Crippen molar-refractivity contribution in [1.29, 1.82) is 0 Å². The third kappa shape index (κ3) is 3.98. The first-order valence-corrected chi connectivity index (χ1v) is 11.9. The van der Waals surface area contributed by atoms with Crippen molar-refractivity contribution in [2.24, 2.45) is 25.9 Å².